The van der Waals surface area contributed by atoms with Gasteiger partial charge in [-0.1, -0.05) is 48.9 Å². The van der Waals surface area contributed by atoms with Crippen LogP contribution in [-0.2, 0) is 13.0 Å². The molecule has 2 aromatic carbocycles. The Morgan fingerprint density at radius 3 is 2.54 bits per heavy atom. The van der Waals surface area contributed by atoms with Gasteiger partial charge in [0, 0.05) is 22.5 Å². The van der Waals surface area contributed by atoms with Crippen LogP contribution in [0.25, 0.3) is 11.3 Å². The van der Waals surface area contributed by atoms with Crippen LogP contribution in [0.5, 0.6) is 0 Å². The highest BCUT2D eigenvalue weighted by Crippen LogP contribution is 2.28. The first-order valence-corrected chi connectivity index (χ1v) is 9.16. The van der Waals surface area contributed by atoms with Crippen LogP contribution < -0.4 is 4.80 Å². The molecule has 0 fully saturated rings. The molecule has 24 heavy (non-hydrogen) atoms. The van der Waals surface area contributed by atoms with E-state index < -0.39 is 0 Å². The van der Waals surface area contributed by atoms with Crippen LogP contribution in [0, 0.1) is 0 Å². The normalized spacial score (nSPS) is 11.9. The van der Waals surface area contributed by atoms with E-state index in [2.05, 4.69) is 19.1 Å². The number of hydrogen-bond donors (Lipinski definition) is 1. The Bertz CT molecular complexity index is 881. The van der Waals surface area contributed by atoms with Crippen LogP contribution in [0.1, 0.15) is 12.5 Å². The third-order valence-corrected chi connectivity index (χ3v) is 5.03. The third kappa shape index (κ3) is 3.61. The summed E-state index contributed by atoms with van der Waals surface area (Å²) in [7, 11) is 0. The summed E-state index contributed by atoms with van der Waals surface area (Å²) in [5, 5.41) is 12.2. The molecule has 1 aromatic heterocycles. The van der Waals surface area contributed by atoms with E-state index >= 15 is 0 Å². The van der Waals surface area contributed by atoms with Crippen molar-refractivity contribution in [3.05, 3.63) is 69.3 Å². The molecule has 0 saturated carbocycles. The third-order valence-electron chi connectivity index (χ3n) is 3.84. The zero-order valence-corrected chi connectivity index (χ0v) is 15.0. The second kappa shape index (κ2) is 7.79. The molecule has 3 aromatic rings. The molecule has 124 valence electrons. The van der Waals surface area contributed by atoms with E-state index in [-0.39, 0.29) is 6.61 Å². The number of aliphatic hydroxyl groups excluding tert-OH is 1. The van der Waals surface area contributed by atoms with Gasteiger partial charge in [-0.25, -0.2) is 4.99 Å². The van der Waals surface area contributed by atoms with Gasteiger partial charge in [0.05, 0.1) is 18.0 Å². The molecule has 0 atom stereocenters. The maximum atomic E-state index is 9.45. The molecule has 0 aliphatic carbocycles. The van der Waals surface area contributed by atoms with Crippen molar-refractivity contribution in [1.82, 2.24) is 4.57 Å². The first-order valence-electron chi connectivity index (χ1n) is 7.90. The van der Waals surface area contributed by atoms with Gasteiger partial charge in [-0.05, 0) is 30.2 Å². The smallest absolute Gasteiger partial charge is 0.190 e. The fourth-order valence-electron chi connectivity index (χ4n) is 2.54. The molecular formula is C19H19ClN2OS. The average molecular weight is 359 g/mol. The quantitative estimate of drug-likeness (QED) is 0.707. The Hall–Kier alpha value is -1.88. The summed E-state index contributed by atoms with van der Waals surface area (Å²) in [5.74, 6) is 0. The van der Waals surface area contributed by atoms with Crippen molar-refractivity contribution < 1.29 is 5.11 Å². The van der Waals surface area contributed by atoms with Gasteiger partial charge >= 0.3 is 0 Å². The number of hydrogen-bond acceptors (Lipinski definition) is 3. The summed E-state index contributed by atoms with van der Waals surface area (Å²) in [5.41, 5.74) is 4.13. The topological polar surface area (TPSA) is 37.5 Å². The van der Waals surface area contributed by atoms with E-state index in [0.717, 1.165) is 28.2 Å². The highest BCUT2D eigenvalue weighted by Gasteiger charge is 2.10. The monoisotopic (exact) mass is 358 g/mol. The molecule has 1 N–H and O–H groups in total. The van der Waals surface area contributed by atoms with E-state index in [1.165, 1.54) is 5.56 Å². The molecular weight excluding hydrogens is 340 g/mol. The average Bonchev–Trinajstić information content (AvgIpc) is 2.99. The molecule has 0 saturated heterocycles. The van der Waals surface area contributed by atoms with Gasteiger partial charge in [-0.15, -0.1) is 11.3 Å². The Morgan fingerprint density at radius 1 is 1.12 bits per heavy atom. The summed E-state index contributed by atoms with van der Waals surface area (Å²) in [6.07, 6.45) is 1.01. The van der Waals surface area contributed by atoms with Crippen molar-refractivity contribution in [1.29, 1.82) is 0 Å². The lowest BCUT2D eigenvalue weighted by molar-refractivity contribution is 0.275. The van der Waals surface area contributed by atoms with E-state index in [4.69, 9.17) is 16.6 Å². The van der Waals surface area contributed by atoms with Crippen LogP contribution in [0.2, 0.25) is 5.02 Å². The van der Waals surface area contributed by atoms with E-state index in [9.17, 15) is 5.11 Å². The van der Waals surface area contributed by atoms with Crippen LogP contribution in [0.4, 0.5) is 5.69 Å². The fourth-order valence-corrected chi connectivity index (χ4v) is 3.71. The van der Waals surface area contributed by atoms with Gasteiger partial charge in [0.1, 0.15) is 0 Å². The van der Waals surface area contributed by atoms with Gasteiger partial charge in [0.2, 0.25) is 0 Å². The lowest BCUT2D eigenvalue weighted by atomic mass is 10.1. The molecule has 1 heterocycles. The minimum absolute atomic E-state index is 0.0517. The summed E-state index contributed by atoms with van der Waals surface area (Å²) < 4.78 is 2.01. The summed E-state index contributed by atoms with van der Waals surface area (Å²) in [4.78, 5) is 5.59. The highest BCUT2D eigenvalue weighted by molar-refractivity contribution is 7.07. The number of aromatic nitrogens is 1. The molecule has 0 aliphatic rings. The van der Waals surface area contributed by atoms with Crippen molar-refractivity contribution in [2.45, 2.75) is 19.9 Å². The molecule has 0 amide bonds. The minimum Gasteiger partial charge on any atom is -0.395 e. The molecule has 0 spiro atoms. The minimum atomic E-state index is 0.0517. The number of aliphatic hydroxyl groups is 1. The predicted octanol–water partition coefficient (Wildman–Crippen LogP) is 4.66. The zero-order chi connectivity index (χ0) is 16.9. The summed E-state index contributed by atoms with van der Waals surface area (Å²) in [6, 6.07) is 16.0. The first-order chi connectivity index (χ1) is 11.7. The van der Waals surface area contributed by atoms with Crippen molar-refractivity contribution in [2.75, 3.05) is 6.61 Å². The molecule has 0 aliphatic heterocycles. The first kappa shape index (κ1) is 17.0. The maximum absolute atomic E-state index is 9.45. The Morgan fingerprint density at radius 2 is 1.88 bits per heavy atom. The predicted molar refractivity (Wildman–Crippen MR) is 101 cm³/mol. The van der Waals surface area contributed by atoms with Crippen LogP contribution in [0.15, 0.2) is 58.9 Å². The van der Waals surface area contributed by atoms with E-state index in [1.807, 2.05) is 46.3 Å². The standard InChI is InChI=1S/C19H19ClN2OS/c1-2-14-7-9-15(10-8-14)21-19-22(11-12-23)18(13-24-19)16-5-3-4-6-17(16)20/h3-10,13,23H,2,11-12H2,1H3. The van der Waals surface area contributed by atoms with Gasteiger partial charge in [-0.2, -0.15) is 0 Å². The Balaban J connectivity index is 2.08. The second-order valence-electron chi connectivity index (χ2n) is 5.39. The van der Waals surface area contributed by atoms with Crippen molar-refractivity contribution in [3.63, 3.8) is 0 Å². The van der Waals surface area contributed by atoms with Crippen molar-refractivity contribution in [2.24, 2.45) is 4.99 Å². The van der Waals surface area contributed by atoms with E-state index in [1.54, 1.807) is 11.3 Å². The van der Waals surface area contributed by atoms with Crippen molar-refractivity contribution >= 4 is 28.6 Å². The van der Waals surface area contributed by atoms with Crippen LogP contribution in [0.3, 0.4) is 0 Å². The number of benzene rings is 2. The number of rotatable bonds is 5. The second-order valence-corrected chi connectivity index (χ2v) is 6.63. The molecule has 3 nitrogen and oxygen atoms in total. The largest absolute Gasteiger partial charge is 0.395 e. The van der Waals surface area contributed by atoms with Crippen LogP contribution in [-0.4, -0.2) is 16.3 Å². The molecule has 0 radical (unpaired) electrons. The zero-order valence-electron chi connectivity index (χ0n) is 13.4. The van der Waals surface area contributed by atoms with Gasteiger partial charge < -0.3 is 9.67 Å². The van der Waals surface area contributed by atoms with Gasteiger partial charge in [0.15, 0.2) is 4.80 Å². The highest BCUT2D eigenvalue weighted by atomic mass is 35.5. The molecule has 5 heteroatoms. The molecule has 3 rings (SSSR count). The number of nitrogens with zero attached hydrogens (tertiary/aromatic N) is 2. The maximum Gasteiger partial charge on any atom is 0.190 e. The number of thiazole rings is 1. The molecule has 0 unspecified atom stereocenters. The fraction of sp³-hybridized carbons (Fsp3) is 0.211. The van der Waals surface area contributed by atoms with Crippen molar-refractivity contribution in [3.8, 4) is 11.3 Å². The number of aryl methyl sites for hydroxylation is 1. The summed E-state index contributed by atoms with van der Waals surface area (Å²) in [6.45, 7) is 2.67. The van der Waals surface area contributed by atoms with Gasteiger partial charge in [-0.3, -0.25) is 0 Å². The molecule has 0 bridgehead atoms. The Kier molecular flexibility index (Phi) is 5.51. The Labute approximate surface area is 150 Å². The summed E-state index contributed by atoms with van der Waals surface area (Å²) >= 11 is 7.88. The number of halogens is 1. The lowest BCUT2D eigenvalue weighted by Gasteiger charge is -2.08. The van der Waals surface area contributed by atoms with Crippen LogP contribution >= 0.6 is 22.9 Å². The van der Waals surface area contributed by atoms with Gasteiger partial charge in [0.25, 0.3) is 0 Å². The lowest BCUT2D eigenvalue weighted by Crippen LogP contribution is -2.17. The SMILES string of the molecule is CCc1ccc(N=c2scc(-c3ccccc3Cl)n2CCO)cc1. The van der Waals surface area contributed by atoms with E-state index in [0.29, 0.717) is 11.6 Å².